The molecule has 0 saturated heterocycles. The third-order valence-electron chi connectivity index (χ3n) is 5.21. The number of carbonyl (C=O) groups is 1. The molecule has 0 bridgehead atoms. The number of likely N-dealkylation sites (N-methyl/N-ethyl adjacent to an activating group) is 1. The number of sulfonamides is 1. The summed E-state index contributed by atoms with van der Waals surface area (Å²) < 4.78 is 42.4. The van der Waals surface area contributed by atoms with Crippen LogP contribution in [0.25, 0.3) is 17.0 Å². The molecule has 0 saturated carbocycles. The molecule has 1 aromatic heterocycles. The summed E-state index contributed by atoms with van der Waals surface area (Å²) in [5.41, 5.74) is 2.85. The first kappa shape index (κ1) is 18.6. The molecule has 28 heavy (non-hydrogen) atoms. The van der Waals surface area contributed by atoms with Crippen molar-refractivity contribution in [1.82, 2.24) is 8.87 Å². The van der Waals surface area contributed by atoms with Crippen LogP contribution in [-0.2, 0) is 27.8 Å². The fourth-order valence-corrected chi connectivity index (χ4v) is 5.02. The number of nitrogens with zero attached hydrogens (tertiary/aromatic N) is 2. The van der Waals surface area contributed by atoms with E-state index in [1.165, 1.54) is 23.5 Å². The van der Waals surface area contributed by atoms with E-state index in [0.29, 0.717) is 13.0 Å². The van der Waals surface area contributed by atoms with E-state index in [9.17, 15) is 17.6 Å². The molecule has 0 aliphatic carbocycles. The molecular formula is C21H19FN2O3S. The average Bonchev–Trinajstić information content (AvgIpc) is 3.01. The molecule has 5 nitrogen and oxygen atoms in total. The van der Waals surface area contributed by atoms with Gasteiger partial charge in [-0.2, -0.15) is 4.31 Å². The minimum atomic E-state index is -3.77. The zero-order valence-corrected chi connectivity index (χ0v) is 16.1. The molecule has 1 aliphatic rings. The summed E-state index contributed by atoms with van der Waals surface area (Å²) in [5.74, 6) is -0.481. The van der Waals surface area contributed by atoms with Crippen molar-refractivity contribution >= 4 is 33.3 Å². The van der Waals surface area contributed by atoms with Crippen LogP contribution in [0.3, 0.4) is 0 Å². The second kappa shape index (κ2) is 7.00. The Kier molecular flexibility index (Phi) is 4.64. The van der Waals surface area contributed by atoms with Gasteiger partial charge in [0.2, 0.25) is 10.0 Å². The van der Waals surface area contributed by atoms with E-state index in [1.807, 2.05) is 36.4 Å². The average molecular weight is 398 g/mol. The topological polar surface area (TPSA) is 59.4 Å². The second-order valence-corrected chi connectivity index (χ2v) is 8.76. The highest BCUT2D eigenvalue weighted by atomic mass is 32.2. The number of fused-ring (bicyclic) bond motifs is 3. The lowest BCUT2D eigenvalue weighted by atomic mass is 10.1. The Morgan fingerprint density at radius 3 is 2.61 bits per heavy atom. The number of rotatable bonds is 5. The fourth-order valence-electron chi connectivity index (χ4n) is 3.72. The molecule has 2 heterocycles. The number of aromatic nitrogens is 1. The number of benzene rings is 2. The highest BCUT2D eigenvalue weighted by Crippen LogP contribution is 2.32. The summed E-state index contributed by atoms with van der Waals surface area (Å²) in [6, 6.07) is 12.2. The Bertz CT molecular complexity index is 1180. The van der Waals surface area contributed by atoms with Crippen LogP contribution in [0.15, 0.2) is 59.5 Å². The van der Waals surface area contributed by atoms with E-state index in [0.717, 1.165) is 40.6 Å². The first-order valence-electron chi connectivity index (χ1n) is 8.89. The fraction of sp³-hybridized carbons (Fsp3) is 0.190. The van der Waals surface area contributed by atoms with Crippen LogP contribution in [0.1, 0.15) is 11.3 Å². The molecule has 144 valence electrons. The van der Waals surface area contributed by atoms with Gasteiger partial charge in [-0.15, -0.1) is 0 Å². The van der Waals surface area contributed by atoms with Gasteiger partial charge in [0.25, 0.3) is 0 Å². The van der Waals surface area contributed by atoms with E-state index in [1.54, 1.807) is 0 Å². The lowest BCUT2D eigenvalue weighted by Crippen LogP contribution is -2.39. The molecule has 0 fully saturated rings. The molecule has 1 aliphatic heterocycles. The first-order chi connectivity index (χ1) is 13.4. The smallest absolute Gasteiger partial charge is 0.243 e. The maximum atomic E-state index is 13.2. The van der Waals surface area contributed by atoms with E-state index in [2.05, 4.69) is 4.57 Å². The molecule has 0 spiro atoms. The van der Waals surface area contributed by atoms with E-state index in [4.69, 9.17) is 0 Å². The Balaban J connectivity index is 1.72. The molecule has 0 amide bonds. The molecule has 0 unspecified atom stereocenters. The van der Waals surface area contributed by atoms with Crippen molar-refractivity contribution in [3.63, 3.8) is 0 Å². The predicted octanol–water partition coefficient (Wildman–Crippen LogP) is 3.24. The van der Waals surface area contributed by atoms with Gasteiger partial charge in [0.1, 0.15) is 12.1 Å². The molecule has 0 radical (unpaired) electrons. The summed E-state index contributed by atoms with van der Waals surface area (Å²) in [7, 11) is -2.24. The highest BCUT2D eigenvalue weighted by molar-refractivity contribution is 7.89. The van der Waals surface area contributed by atoms with Crippen molar-refractivity contribution in [2.75, 3.05) is 7.05 Å². The molecule has 3 aromatic rings. The van der Waals surface area contributed by atoms with Crippen molar-refractivity contribution in [2.45, 2.75) is 23.9 Å². The SMILES string of the molecule is CN([C@@H]1C=Cc2c(CC=O)c3ccccc3n2C1)S(=O)(=O)c1ccc(F)cc1. The summed E-state index contributed by atoms with van der Waals surface area (Å²) >= 11 is 0. The Labute approximate surface area is 162 Å². The van der Waals surface area contributed by atoms with E-state index < -0.39 is 21.9 Å². The van der Waals surface area contributed by atoms with Gasteiger partial charge < -0.3 is 9.36 Å². The van der Waals surface area contributed by atoms with E-state index >= 15 is 0 Å². The summed E-state index contributed by atoms with van der Waals surface area (Å²) in [6.07, 6.45) is 4.91. The molecular weight excluding hydrogens is 379 g/mol. The quantitative estimate of drug-likeness (QED) is 0.620. The number of hydrogen-bond donors (Lipinski definition) is 0. The lowest BCUT2D eigenvalue weighted by molar-refractivity contribution is -0.107. The molecule has 0 N–H and O–H groups in total. The monoisotopic (exact) mass is 398 g/mol. The Morgan fingerprint density at radius 1 is 1.18 bits per heavy atom. The van der Waals surface area contributed by atoms with Gasteiger partial charge in [-0.25, -0.2) is 12.8 Å². The van der Waals surface area contributed by atoms with Crippen LogP contribution < -0.4 is 0 Å². The second-order valence-electron chi connectivity index (χ2n) is 6.76. The minimum Gasteiger partial charge on any atom is -0.339 e. The number of carbonyl (C=O) groups excluding carboxylic acids is 1. The summed E-state index contributed by atoms with van der Waals surface area (Å²) in [5, 5.41) is 0.999. The van der Waals surface area contributed by atoms with Gasteiger partial charge in [-0.3, -0.25) is 0 Å². The van der Waals surface area contributed by atoms with Crippen LogP contribution in [0.2, 0.25) is 0 Å². The number of para-hydroxylation sites is 1. The van der Waals surface area contributed by atoms with Crippen LogP contribution in [0.5, 0.6) is 0 Å². The van der Waals surface area contributed by atoms with E-state index in [-0.39, 0.29) is 4.90 Å². The number of aldehydes is 1. The maximum Gasteiger partial charge on any atom is 0.243 e. The third kappa shape index (κ3) is 2.96. The highest BCUT2D eigenvalue weighted by Gasteiger charge is 2.30. The zero-order valence-electron chi connectivity index (χ0n) is 15.2. The standard InChI is InChI=1S/C21H19FN2O3S/c1-23(28(26,27)17-9-6-15(22)7-10-17)16-8-11-21-19(12-13-25)18-4-2-3-5-20(18)24(21)14-16/h2-11,13,16H,12,14H2,1H3/t16-/m1/s1. The number of hydrogen-bond acceptors (Lipinski definition) is 3. The Morgan fingerprint density at radius 2 is 1.89 bits per heavy atom. The van der Waals surface area contributed by atoms with Gasteiger partial charge in [-0.05, 0) is 42.0 Å². The molecule has 7 heteroatoms. The minimum absolute atomic E-state index is 0.0506. The van der Waals surface area contributed by atoms with Gasteiger partial charge >= 0.3 is 0 Å². The molecule has 1 atom stereocenters. The third-order valence-corrected chi connectivity index (χ3v) is 7.11. The Hall–Kier alpha value is -2.77. The zero-order chi connectivity index (χ0) is 19.9. The van der Waals surface area contributed by atoms with Gasteiger partial charge in [0.15, 0.2) is 0 Å². The van der Waals surface area contributed by atoms with Crippen LogP contribution in [0.4, 0.5) is 4.39 Å². The van der Waals surface area contributed by atoms with Crippen LogP contribution in [-0.4, -0.2) is 36.7 Å². The largest absolute Gasteiger partial charge is 0.339 e. The van der Waals surface area contributed by atoms with Crippen molar-refractivity contribution in [3.8, 4) is 0 Å². The van der Waals surface area contributed by atoms with Crippen molar-refractivity contribution < 1.29 is 17.6 Å². The number of halogens is 1. The van der Waals surface area contributed by atoms with Gasteiger partial charge in [0, 0.05) is 36.6 Å². The van der Waals surface area contributed by atoms with Gasteiger partial charge in [0.05, 0.1) is 10.9 Å². The summed E-state index contributed by atoms with van der Waals surface area (Å²) in [6.45, 7) is 0.433. The van der Waals surface area contributed by atoms with Crippen LogP contribution >= 0.6 is 0 Å². The van der Waals surface area contributed by atoms with Crippen molar-refractivity contribution in [2.24, 2.45) is 0 Å². The molecule has 2 aromatic carbocycles. The lowest BCUT2D eigenvalue weighted by Gasteiger charge is -2.29. The van der Waals surface area contributed by atoms with Crippen molar-refractivity contribution in [3.05, 3.63) is 71.7 Å². The normalized spacial score (nSPS) is 16.5. The maximum absolute atomic E-state index is 13.2. The van der Waals surface area contributed by atoms with Gasteiger partial charge in [-0.1, -0.05) is 24.3 Å². The van der Waals surface area contributed by atoms with Crippen molar-refractivity contribution in [1.29, 1.82) is 0 Å². The van der Waals surface area contributed by atoms with Crippen LogP contribution in [0, 0.1) is 5.82 Å². The first-order valence-corrected chi connectivity index (χ1v) is 10.3. The molecule has 4 rings (SSSR count). The summed E-state index contributed by atoms with van der Waals surface area (Å²) in [4.78, 5) is 11.2. The predicted molar refractivity (Wildman–Crippen MR) is 106 cm³/mol.